The van der Waals surface area contributed by atoms with E-state index in [2.05, 4.69) is 25.6 Å². The molecule has 7 heteroatoms. The van der Waals surface area contributed by atoms with Gasteiger partial charge in [-0.3, -0.25) is 4.72 Å². The zero-order valence-corrected chi connectivity index (χ0v) is 13.4. The number of nitrogens with one attached hydrogen (secondary N) is 1. The highest BCUT2D eigenvalue weighted by atomic mass is 79.9. The molecule has 0 aliphatic carbocycles. The minimum Gasteiger partial charge on any atom is -0.363 e. The predicted molar refractivity (Wildman–Crippen MR) is 83.5 cm³/mol. The first-order valence-corrected chi connectivity index (χ1v) is 8.08. The van der Waals surface area contributed by atoms with Crippen molar-refractivity contribution in [3.8, 4) is 0 Å². The molecule has 0 atom stereocenters. The molecule has 1 heterocycles. The molecule has 0 spiro atoms. The molecule has 0 saturated carbocycles. The van der Waals surface area contributed by atoms with E-state index < -0.39 is 10.0 Å². The quantitative estimate of drug-likeness (QED) is 0.915. The van der Waals surface area contributed by atoms with Gasteiger partial charge in [-0.15, -0.1) is 0 Å². The van der Waals surface area contributed by atoms with E-state index in [1.54, 1.807) is 30.3 Å². The largest absolute Gasteiger partial charge is 0.363 e. The number of anilines is 2. The van der Waals surface area contributed by atoms with E-state index in [0.29, 0.717) is 10.2 Å². The smallest absolute Gasteiger partial charge is 0.263 e. The summed E-state index contributed by atoms with van der Waals surface area (Å²) in [7, 11) is 0.109. The van der Waals surface area contributed by atoms with Crippen LogP contribution in [-0.4, -0.2) is 27.5 Å². The van der Waals surface area contributed by atoms with Gasteiger partial charge in [-0.05, 0) is 40.2 Å². The van der Waals surface area contributed by atoms with Crippen molar-refractivity contribution in [2.75, 3.05) is 23.7 Å². The lowest BCUT2D eigenvalue weighted by Crippen LogP contribution is -2.14. The Morgan fingerprint density at radius 1 is 1.15 bits per heavy atom. The molecule has 0 aliphatic heterocycles. The molecule has 0 radical (unpaired) electrons. The van der Waals surface area contributed by atoms with Gasteiger partial charge in [-0.2, -0.15) is 0 Å². The van der Waals surface area contributed by atoms with E-state index in [0.717, 1.165) is 5.82 Å². The molecule has 0 fully saturated rings. The topological polar surface area (TPSA) is 62.3 Å². The number of benzene rings is 1. The number of rotatable bonds is 4. The van der Waals surface area contributed by atoms with Gasteiger partial charge in [-0.1, -0.05) is 12.1 Å². The van der Waals surface area contributed by atoms with Gasteiger partial charge in [0.2, 0.25) is 0 Å². The maximum Gasteiger partial charge on any atom is 0.263 e. The Labute approximate surface area is 126 Å². The van der Waals surface area contributed by atoms with Crippen LogP contribution in [0.5, 0.6) is 0 Å². The molecule has 0 unspecified atom stereocenters. The van der Waals surface area contributed by atoms with Crippen LogP contribution in [0, 0.1) is 0 Å². The molecule has 106 valence electrons. The summed E-state index contributed by atoms with van der Waals surface area (Å²) in [5, 5.41) is 0. The van der Waals surface area contributed by atoms with Crippen molar-refractivity contribution in [1.29, 1.82) is 0 Å². The van der Waals surface area contributed by atoms with E-state index in [1.807, 2.05) is 19.0 Å². The standard InChI is InChI=1S/C13H14BrN3O2S/c1-17(2)13-8-7-10(9-15-13)16-20(18,19)12-6-4-3-5-11(12)14/h3-9,16H,1-2H3. The Kier molecular flexibility index (Phi) is 4.29. The average Bonchev–Trinajstić information content (AvgIpc) is 2.39. The number of hydrogen-bond acceptors (Lipinski definition) is 4. The van der Waals surface area contributed by atoms with Crippen LogP contribution in [0.25, 0.3) is 0 Å². The van der Waals surface area contributed by atoms with Crippen LogP contribution in [0.4, 0.5) is 11.5 Å². The van der Waals surface area contributed by atoms with E-state index >= 15 is 0 Å². The highest BCUT2D eigenvalue weighted by Gasteiger charge is 2.17. The Morgan fingerprint density at radius 3 is 2.40 bits per heavy atom. The van der Waals surface area contributed by atoms with Gasteiger partial charge in [0, 0.05) is 18.6 Å². The first-order chi connectivity index (χ1) is 9.40. The van der Waals surface area contributed by atoms with Gasteiger partial charge in [0.15, 0.2) is 0 Å². The molecule has 2 aromatic rings. The second kappa shape index (κ2) is 5.80. The van der Waals surface area contributed by atoms with Crippen LogP contribution < -0.4 is 9.62 Å². The fraction of sp³-hybridized carbons (Fsp3) is 0.154. The summed E-state index contributed by atoms with van der Waals surface area (Å²) in [6.45, 7) is 0. The number of aromatic nitrogens is 1. The average molecular weight is 356 g/mol. The van der Waals surface area contributed by atoms with Crippen LogP contribution in [0.3, 0.4) is 0 Å². The summed E-state index contributed by atoms with van der Waals surface area (Å²) in [6, 6.07) is 10.1. The Balaban J connectivity index is 2.27. The molecule has 20 heavy (non-hydrogen) atoms. The fourth-order valence-electron chi connectivity index (χ4n) is 1.58. The van der Waals surface area contributed by atoms with Crippen molar-refractivity contribution in [3.05, 3.63) is 47.1 Å². The number of pyridine rings is 1. The highest BCUT2D eigenvalue weighted by molar-refractivity contribution is 9.10. The van der Waals surface area contributed by atoms with E-state index in [9.17, 15) is 8.42 Å². The SMILES string of the molecule is CN(C)c1ccc(NS(=O)(=O)c2ccccc2Br)cn1. The molecule has 1 N–H and O–H groups in total. The number of sulfonamides is 1. The summed E-state index contributed by atoms with van der Waals surface area (Å²) in [5.74, 6) is 0.758. The van der Waals surface area contributed by atoms with Crippen LogP contribution in [0.2, 0.25) is 0 Å². The third-order valence-corrected chi connectivity index (χ3v) is 4.98. The van der Waals surface area contributed by atoms with Crippen molar-refractivity contribution in [2.45, 2.75) is 4.90 Å². The monoisotopic (exact) mass is 355 g/mol. The molecule has 1 aromatic carbocycles. The Bertz CT molecular complexity index is 700. The van der Waals surface area contributed by atoms with Crippen LogP contribution in [0.1, 0.15) is 0 Å². The zero-order valence-electron chi connectivity index (χ0n) is 11.0. The van der Waals surface area contributed by atoms with E-state index in [1.165, 1.54) is 12.3 Å². The third kappa shape index (κ3) is 3.29. The zero-order chi connectivity index (χ0) is 14.8. The molecule has 2 rings (SSSR count). The van der Waals surface area contributed by atoms with Crippen LogP contribution in [-0.2, 0) is 10.0 Å². The summed E-state index contributed by atoms with van der Waals surface area (Å²) in [6.07, 6.45) is 1.49. The van der Waals surface area contributed by atoms with Crippen LogP contribution in [0.15, 0.2) is 52.0 Å². The minimum absolute atomic E-state index is 0.191. The van der Waals surface area contributed by atoms with Gasteiger partial charge < -0.3 is 4.90 Å². The molecule has 0 saturated heterocycles. The molecule has 0 amide bonds. The number of nitrogens with zero attached hydrogens (tertiary/aromatic N) is 2. The molecule has 5 nitrogen and oxygen atoms in total. The lowest BCUT2D eigenvalue weighted by Gasteiger charge is -2.12. The highest BCUT2D eigenvalue weighted by Crippen LogP contribution is 2.23. The lowest BCUT2D eigenvalue weighted by atomic mass is 10.4. The van der Waals surface area contributed by atoms with E-state index in [4.69, 9.17) is 0 Å². The second-order valence-electron chi connectivity index (χ2n) is 4.34. The summed E-state index contributed by atoms with van der Waals surface area (Å²) in [4.78, 5) is 6.20. The Hall–Kier alpha value is -1.60. The molecule has 1 aromatic heterocycles. The molecule has 0 bridgehead atoms. The summed E-state index contributed by atoms with van der Waals surface area (Å²) < 4.78 is 27.5. The summed E-state index contributed by atoms with van der Waals surface area (Å²) in [5.41, 5.74) is 0.423. The van der Waals surface area contributed by atoms with Crippen molar-refractivity contribution in [2.24, 2.45) is 0 Å². The molecule has 0 aliphatic rings. The van der Waals surface area contributed by atoms with Gasteiger partial charge in [0.25, 0.3) is 10.0 Å². The fourth-order valence-corrected chi connectivity index (χ4v) is 3.63. The summed E-state index contributed by atoms with van der Waals surface area (Å²) >= 11 is 3.23. The van der Waals surface area contributed by atoms with Gasteiger partial charge in [0.05, 0.1) is 11.9 Å². The number of halogens is 1. The van der Waals surface area contributed by atoms with Gasteiger partial charge >= 0.3 is 0 Å². The predicted octanol–water partition coefficient (Wildman–Crippen LogP) is 2.71. The van der Waals surface area contributed by atoms with Crippen LogP contribution >= 0.6 is 15.9 Å². The first kappa shape index (κ1) is 14.8. The Morgan fingerprint density at radius 2 is 1.85 bits per heavy atom. The second-order valence-corrected chi connectivity index (χ2v) is 6.84. The van der Waals surface area contributed by atoms with Crippen molar-refractivity contribution < 1.29 is 8.42 Å². The van der Waals surface area contributed by atoms with Gasteiger partial charge in [-0.25, -0.2) is 13.4 Å². The van der Waals surface area contributed by atoms with Crippen molar-refractivity contribution in [3.63, 3.8) is 0 Å². The lowest BCUT2D eigenvalue weighted by molar-refractivity contribution is 0.600. The van der Waals surface area contributed by atoms with Crippen molar-refractivity contribution >= 4 is 37.5 Å². The van der Waals surface area contributed by atoms with Crippen molar-refractivity contribution in [1.82, 2.24) is 4.98 Å². The van der Waals surface area contributed by atoms with Gasteiger partial charge in [0.1, 0.15) is 10.7 Å². The minimum atomic E-state index is -3.63. The van der Waals surface area contributed by atoms with E-state index in [-0.39, 0.29) is 4.90 Å². The maximum atomic E-state index is 12.3. The number of hydrogen-bond donors (Lipinski definition) is 1. The molecular weight excluding hydrogens is 342 g/mol. The first-order valence-electron chi connectivity index (χ1n) is 5.81. The maximum absolute atomic E-state index is 12.3. The third-order valence-electron chi connectivity index (χ3n) is 2.58. The molecular formula is C13H14BrN3O2S. The normalized spacial score (nSPS) is 11.2.